The highest BCUT2D eigenvalue weighted by Gasteiger charge is 2.18. The molecule has 4 nitrogen and oxygen atoms in total. The summed E-state index contributed by atoms with van der Waals surface area (Å²) >= 11 is 6.27. The fourth-order valence-corrected chi connectivity index (χ4v) is 3.75. The van der Waals surface area contributed by atoms with Gasteiger partial charge < -0.3 is 14.0 Å². The monoisotopic (exact) mass is 420 g/mol. The van der Waals surface area contributed by atoms with Crippen molar-refractivity contribution in [3.05, 3.63) is 88.7 Å². The number of aromatic nitrogens is 2. The van der Waals surface area contributed by atoms with Crippen molar-refractivity contribution in [2.45, 2.75) is 33.4 Å². The Bertz CT molecular complexity index is 1130. The fraction of sp³-hybridized carbons (Fsp3) is 0.240. The number of hydrogen-bond acceptors (Lipinski definition) is 3. The van der Waals surface area contributed by atoms with Gasteiger partial charge in [0.05, 0.1) is 17.6 Å². The first-order valence-corrected chi connectivity index (χ1v) is 10.5. The first kappa shape index (κ1) is 20.3. The highest BCUT2D eigenvalue weighted by molar-refractivity contribution is 6.32. The maximum Gasteiger partial charge on any atom is 0.153 e. The second-order valence-electron chi connectivity index (χ2n) is 7.40. The van der Waals surface area contributed by atoms with Crippen molar-refractivity contribution in [2.24, 2.45) is 0 Å². The number of benzene rings is 3. The topological polar surface area (TPSA) is 36.3 Å². The van der Waals surface area contributed by atoms with Gasteiger partial charge in [-0.3, -0.25) is 0 Å². The van der Waals surface area contributed by atoms with Crippen LogP contribution in [0, 0.1) is 13.8 Å². The van der Waals surface area contributed by atoms with Crippen LogP contribution in [-0.4, -0.2) is 16.2 Å². The molecule has 5 heteroatoms. The number of para-hydroxylation sites is 3. The third-order valence-electron chi connectivity index (χ3n) is 5.10. The lowest BCUT2D eigenvalue weighted by Crippen LogP contribution is -2.15. The lowest BCUT2D eigenvalue weighted by Gasteiger charge is -2.17. The van der Waals surface area contributed by atoms with Crippen molar-refractivity contribution >= 4 is 22.6 Å². The van der Waals surface area contributed by atoms with E-state index in [1.807, 2.05) is 81.4 Å². The van der Waals surface area contributed by atoms with Crippen LogP contribution in [-0.2, 0) is 6.54 Å². The van der Waals surface area contributed by atoms with E-state index in [9.17, 15) is 0 Å². The molecule has 154 valence electrons. The van der Waals surface area contributed by atoms with E-state index in [4.69, 9.17) is 26.1 Å². The summed E-state index contributed by atoms with van der Waals surface area (Å²) in [7, 11) is 0. The van der Waals surface area contributed by atoms with E-state index < -0.39 is 0 Å². The molecule has 3 aromatic carbocycles. The van der Waals surface area contributed by atoms with Crippen LogP contribution in [0.15, 0.2) is 66.7 Å². The third-order valence-corrected chi connectivity index (χ3v) is 5.69. The van der Waals surface area contributed by atoms with Gasteiger partial charge in [0, 0.05) is 5.02 Å². The van der Waals surface area contributed by atoms with Crippen LogP contribution in [0.5, 0.6) is 11.5 Å². The Morgan fingerprint density at radius 1 is 0.933 bits per heavy atom. The number of ether oxygens (including phenoxy) is 2. The van der Waals surface area contributed by atoms with Gasteiger partial charge in [0.1, 0.15) is 18.1 Å². The van der Waals surface area contributed by atoms with Gasteiger partial charge in [0.25, 0.3) is 0 Å². The number of imidazole rings is 1. The van der Waals surface area contributed by atoms with Crippen molar-refractivity contribution in [3.8, 4) is 11.5 Å². The second-order valence-corrected chi connectivity index (χ2v) is 7.78. The van der Waals surface area contributed by atoms with Crippen LogP contribution in [0.1, 0.15) is 30.0 Å². The number of aryl methyl sites for hydroxylation is 2. The quantitative estimate of drug-likeness (QED) is 0.341. The van der Waals surface area contributed by atoms with Gasteiger partial charge in [-0.05, 0) is 68.3 Å². The number of halogens is 1. The summed E-state index contributed by atoms with van der Waals surface area (Å²) in [6, 6.07) is 21.9. The van der Waals surface area contributed by atoms with Gasteiger partial charge in [-0.25, -0.2) is 4.98 Å². The molecule has 0 aliphatic carbocycles. The van der Waals surface area contributed by atoms with E-state index in [2.05, 4.69) is 10.6 Å². The lowest BCUT2D eigenvalue weighted by atomic mass is 10.1. The van der Waals surface area contributed by atoms with Crippen molar-refractivity contribution < 1.29 is 9.47 Å². The molecule has 0 N–H and O–H groups in total. The van der Waals surface area contributed by atoms with Crippen molar-refractivity contribution in [1.29, 1.82) is 0 Å². The average molecular weight is 421 g/mol. The smallest absolute Gasteiger partial charge is 0.153 e. The Morgan fingerprint density at radius 2 is 1.60 bits per heavy atom. The fourth-order valence-electron chi connectivity index (χ4n) is 3.64. The molecule has 1 atom stereocenters. The SMILES string of the molecule is Cc1cc(OCCn2c(C(C)Oc3ccccc3)nc3ccccc32)cc(C)c1Cl. The van der Waals surface area contributed by atoms with E-state index in [1.165, 1.54) is 0 Å². The molecule has 30 heavy (non-hydrogen) atoms. The molecule has 0 saturated carbocycles. The summed E-state index contributed by atoms with van der Waals surface area (Å²) in [5.74, 6) is 2.54. The summed E-state index contributed by atoms with van der Waals surface area (Å²) < 4.78 is 14.4. The molecular formula is C25H25ClN2O2. The summed E-state index contributed by atoms with van der Waals surface area (Å²) in [6.45, 7) is 7.20. The minimum Gasteiger partial charge on any atom is -0.492 e. The zero-order valence-corrected chi connectivity index (χ0v) is 18.2. The van der Waals surface area contributed by atoms with Gasteiger partial charge >= 0.3 is 0 Å². The molecule has 0 aliphatic heterocycles. The van der Waals surface area contributed by atoms with E-state index >= 15 is 0 Å². The number of rotatable bonds is 7. The first-order valence-electron chi connectivity index (χ1n) is 10.1. The molecule has 4 aromatic rings. The predicted octanol–water partition coefficient (Wildman–Crippen LogP) is 6.53. The summed E-state index contributed by atoms with van der Waals surface area (Å²) in [4.78, 5) is 4.84. The summed E-state index contributed by atoms with van der Waals surface area (Å²) in [5, 5.41) is 0.789. The lowest BCUT2D eigenvalue weighted by molar-refractivity contribution is 0.207. The molecule has 0 aliphatic rings. The summed E-state index contributed by atoms with van der Waals surface area (Å²) in [5.41, 5.74) is 4.06. The highest BCUT2D eigenvalue weighted by atomic mass is 35.5. The maximum absolute atomic E-state index is 6.27. The zero-order chi connectivity index (χ0) is 21.1. The highest BCUT2D eigenvalue weighted by Crippen LogP contribution is 2.27. The number of fused-ring (bicyclic) bond motifs is 1. The molecule has 0 radical (unpaired) electrons. The molecule has 1 aromatic heterocycles. The minimum atomic E-state index is -0.195. The first-order chi connectivity index (χ1) is 14.5. The summed E-state index contributed by atoms with van der Waals surface area (Å²) in [6.07, 6.45) is -0.195. The van der Waals surface area contributed by atoms with Crippen molar-refractivity contribution in [2.75, 3.05) is 6.61 Å². The largest absolute Gasteiger partial charge is 0.492 e. The maximum atomic E-state index is 6.27. The van der Waals surface area contributed by atoms with Crippen molar-refractivity contribution in [1.82, 2.24) is 9.55 Å². The third kappa shape index (κ3) is 4.29. The standard InChI is InChI=1S/C25H25ClN2O2/c1-17-15-21(16-18(2)24(17)26)29-14-13-28-23-12-8-7-11-22(23)27-25(28)19(3)30-20-9-5-4-6-10-20/h4-12,15-16,19H,13-14H2,1-3H3. The number of nitrogens with zero attached hydrogens (tertiary/aromatic N) is 2. The zero-order valence-electron chi connectivity index (χ0n) is 17.4. The Labute approximate surface area is 182 Å². The Hall–Kier alpha value is -2.98. The van der Waals surface area contributed by atoms with E-state index in [0.29, 0.717) is 13.2 Å². The minimum absolute atomic E-state index is 0.195. The van der Waals surface area contributed by atoms with Gasteiger partial charge in [-0.2, -0.15) is 0 Å². The molecule has 0 saturated heterocycles. The Balaban J connectivity index is 1.56. The van der Waals surface area contributed by atoms with Crippen LogP contribution in [0.25, 0.3) is 11.0 Å². The van der Waals surface area contributed by atoms with Gasteiger partial charge in [-0.1, -0.05) is 41.9 Å². The van der Waals surface area contributed by atoms with Gasteiger partial charge in [0.2, 0.25) is 0 Å². The molecule has 1 unspecified atom stereocenters. The molecule has 4 rings (SSSR count). The predicted molar refractivity (Wildman–Crippen MR) is 122 cm³/mol. The molecule has 0 fully saturated rings. The Morgan fingerprint density at radius 3 is 2.33 bits per heavy atom. The molecule has 0 bridgehead atoms. The van der Waals surface area contributed by atoms with Crippen LogP contribution < -0.4 is 9.47 Å². The van der Waals surface area contributed by atoms with E-state index in [1.54, 1.807) is 0 Å². The molecule has 0 amide bonds. The van der Waals surface area contributed by atoms with Gasteiger partial charge in [0.15, 0.2) is 11.9 Å². The van der Waals surface area contributed by atoms with Crippen molar-refractivity contribution in [3.63, 3.8) is 0 Å². The van der Waals surface area contributed by atoms with E-state index in [-0.39, 0.29) is 6.10 Å². The van der Waals surface area contributed by atoms with E-state index in [0.717, 1.165) is 44.5 Å². The second kappa shape index (κ2) is 8.80. The normalized spacial score (nSPS) is 12.1. The molecule has 1 heterocycles. The van der Waals surface area contributed by atoms with Gasteiger partial charge in [-0.15, -0.1) is 0 Å². The van der Waals surface area contributed by atoms with Crippen LogP contribution >= 0.6 is 11.6 Å². The van der Waals surface area contributed by atoms with Crippen LogP contribution in [0.3, 0.4) is 0 Å². The Kier molecular flexibility index (Phi) is 5.96. The molecular weight excluding hydrogens is 396 g/mol. The van der Waals surface area contributed by atoms with Crippen LogP contribution in [0.2, 0.25) is 5.02 Å². The molecule has 0 spiro atoms. The van der Waals surface area contributed by atoms with Crippen LogP contribution in [0.4, 0.5) is 0 Å². The number of hydrogen-bond donors (Lipinski definition) is 0. The average Bonchev–Trinajstić information content (AvgIpc) is 3.11.